The number of unbranched alkanes of at least 4 members (excludes halogenated alkanes) is 1. The van der Waals surface area contributed by atoms with Gasteiger partial charge in [-0.2, -0.15) is 0 Å². The lowest BCUT2D eigenvalue weighted by Crippen LogP contribution is -2.42. The third-order valence-corrected chi connectivity index (χ3v) is 3.86. The molecule has 0 spiro atoms. The Bertz CT molecular complexity index is 156. The summed E-state index contributed by atoms with van der Waals surface area (Å²) in [4.78, 5) is 11.2. The maximum Gasteiger partial charge on any atom is 0.564 e. The van der Waals surface area contributed by atoms with Crippen molar-refractivity contribution in [3.05, 3.63) is 0 Å². The Kier molecular flexibility index (Phi) is 5.94. The van der Waals surface area contributed by atoms with Crippen molar-refractivity contribution in [2.24, 2.45) is 0 Å². The van der Waals surface area contributed by atoms with Gasteiger partial charge in [0.15, 0.2) is 0 Å². The quantitative estimate of drug-likeness (QED) is 0.619. The summed E-state index contributed by atoms with van der Waals surface area (Å²) in [6.45, 7) is 3.72. The van der Waals surface area contributed by atoms with E-state index in [1.165, 1.54) is 14.2 Å². The van der Waals surface area contributed by atoms with Crippen LogP contribution in [0.1, 0.15) is 26.2 Å². The van der Waals surface area contributed by atoms with E-state index in [1.54, 1.807) is 6.55 Å². The minimum absolute atomic E-state index is 0.236. The van der Waals surface area contributed by atoms with Gasteiger partial charge in [-0.15, -0.1) is 0 Å². The Morgan fingerprint density at radius 3 is 2.23 bits per heavy atom. The zero-order chi connectivity index (χ0) is 10.3. The second-order valence-electron chi connectivity index (χ2n) is 2.85. The maximum absolute atomic E-state index is 11.2. The molecule has 0 saturated carbocycles. The number of carbonyl (C=O) groups is 1. The fourth-order valence-electron chi connectivity index (χ4n) is 0.746. The molecule has 0 rings (SSSR count). The molecule has 4 nitrogen and oxygen atoms in total. The summed E-state index contributed by atoms with van der Waals surface area (Å²) in [6.07, 6.45) is 2.26. The zero-order valence-corrected chi connectivity index (χ0v) is 9.75. The molecule has 13 heavy (non-hydrogen) atoms. The summed E-state index contributed by atoms with van der Waals surface area (Å²) in [5.74, 6) is -0.236. The molecular formula is C8H18O4Si. The van der Waals surface area contributed by atoms with Crippen LogP contribution in [0.15, 0.2) is 0 Å². The molecule has 0 unspecified atom stereocenters. The smallest absolute Gasteiger partial charge is 0.473 e. The van der Waals surface area contributed by atoms with Crippen LogP contribution in [0.25, 0.3) is 0 Å². The third kappa shape index (κ3) is 5.02. The van der Waals surface area contributed by atoms with Crippen LogP contribution in [0, 0.1) is 0 Å². The van der Waals surface area contributed by atoms with Gasteiger partial charge in [0.05, 0.1) is 0 Å². The molecule has 0 aromatic rings. The molecule has 0 aromatic carbocycles. The Balaban J connectivity index is 3.87. The van der Waals surface area contributed by atoms with Crippen LogP contribution >= 0.6 is 0 Å². The van der Waals surface area contributed by atoms with Gasteiger partial charge in [-0.3, -0.25) is 4.79 Å². The van der Waals surface area contributed by atoms with E-state index in [4.69, 9.17) is 13.3 Å². The minimum atomic E-state index is -2.66. The minimum Gasteiger partial charge on any atom is -0.473 e. The molecule has 0 aliphatic rings. The summed E-state index contributed by atoms with van der Waals surface area (Å²) in [7, 11) is 0.318. The summed E-state index contributed by atoms with van der Waals surface area (Å²) in [5, 5.41) is 0. The van der Waals surface area contributed by atoms with Crippen molar-refractivity contribution in [3.63, 3.8) is 0 Å². The number of carbonyl (C=O) groups excluding carboxylic acids is 1. The normalized spacial score (nSPS) is 11.4. The molecule has 0 aliphatic heterocycles. The first-order chi connectivity index (χ1) is 6.08. The molecule has 0 aromatic heterocycles. The van der Waals surface area contributed by atoms with Crippen LogP contribution in [0.2, 0.25) is 6.55 Å². The van der Waals surface area contributed by atoms with Crippen LogP contribution in [0.4, 0.5) is 0 Å². The van der Waals surface area contributed by atoms with Crippen LogP contribution in [0.5, 0.6) is 0 Å². The molecule has 0 saturated heterocycles. The lowest BCUT2D eigenvalue weighted by Gasteiger charge is -2.21. The number of hydrogen-bond acceptors (Lipinski definition) is 4. The average molecular weight is 206 g/mol. The first-order valence-corrected chi connectivity index (χ1v) is 6.62. The summed E-state index contributed by atoms with van der Waals surface area (Å²) >= 11 is 0. The first-order valence-electron chi connectivity index (χ1n) is 4.40. The molecule has 0 bridgehead atoms. The topological polar surface area (TPSA) is 44.8 Å². The van der Waals surface area contributed by atoms with Crippen molar-refractivity contribution in [2.75, 3.05) is 14.2 Å². The van der Waals surface area contributed by atoms with Gasteiger partial charge in [-0.25, -0.2) is 0 Å². The van der Waals surface area contributed by atoms with Gasteiger partial charge >= 0.3 is 8.80 Å². The maximum atomic E-state index is 11.2. The standard InChI is InChI=1S/C8H18O4Si/c1-5-6-7-8(9)12-13(4,10-2)11-3/h5-7H2,1-4H3. The molecule has 0 atom stereocenters. The Morgan fingerprint density at radius 2 is 1.85 bits per heavy atom. The van der Waals surface area contributed by atoms with E-state index in [1.807, 2.05) is 6.92 Å². The van der Waals surface area contributed by atoms with E-state index in [2.05, 4.69) is 0 Å². The Morgan fingerprint density at radius 1 is 1.31 bits per heavy atom. The van der Waals surface area contributed by atoms with Crippen molar-refractivity contribution in [1.82, 2.24) is 0 Å². The van der Waals surface area contributed by atoms with Gasteiger partial charge < -0.3 is 13.3 Å². The van der Waals surface area contributed by atoms with Gasteiger partial charge in [0.1, 0.15) is 0 Å². The second kappa shape index (κ2) is 6.12. The molecule has 5 heteroatoms. The lowest BCUT2D eigenvalue weighted by molar-refractivity contribution is -0.138. The van der Waals surface area contributed by atoms with Gasteiger partial charge in [0.25, 0.3) is 5.97 Å². The average Bonchev–Trinajstić information content (AvgIpc) is 2.14. The van der Waals surface area contributed by atoms with Crippen molar-refractivity contribution < 1.29 is 18.1 Å². The first kappa shape index (κ1) is 12.6. The molecular weight excluding hydrogens is 188 g/mol. The largest absolute Gasteiger partial charge is 0.564 e. The molecule has 0 amide bonds. The van der Waals surface area contributed by atoms with Crippen LogP contribution in [-0.4, -0.2) is 29.0 Å². The molecule has 0 aliphatic carbocycles. The lowest BCUT2D eigenvalue weighted by atomic mass is 10.3. The molecule has 78 valence electrons. The van der Waals surface area contributed by atoms with E-state index in [-0.39, 0.29) is 5.97 Å². The van der Waals surface area contributed by atoms with Gasteiger partial charge in [0, 0.05) is 27.2 Å². The van der Waals surface area contributed by atoms with Crippen LogP contribution < -0.4 is 0 Å². The number of hydrogen-bond donors (Lipinski definition) is 0. The van der Waals surface area contributed by atoms with Crippen molar-refractivity contribution in [2.45, 2.75) is 32.7 Å². The van der Waals surface area contributed by atoms with E-state index < -0.39 is 8.80 Å². The summed E-state index contributed by atoms with van der Waals surface area (Å²) in [6, 6.07) is 0. The van der Waals surface area contributed by atoms with Crippen LogP contribution in [-0.2, 0) is 18.1 Å². The second-order valence-corrected chi connectivity index (χ2v) is 5.59. The molecule has 0 heterocycles. The molecule has 0 N–H and O–H groups in total. The summed E-state index contributed by atoms with van der Waals surface area (Å²) in [5.41, 5.74) is 0. The highest BCUT2D eigenvalue weighted by Gasteiger charge is 2.36. The van der Waals surface area contributed by atoms with Crippen LogP contribution in [0.3, 0.4) is 0 Å². The Labute approximate surface area is 80.5 Å². The van der Waals surface area contributed by atoms with Crippen molar-refractivity contribution in [3.8, 4) is 0 Å². The number of rotatable bonds is 6. The zero-order valence-electron chi connectivity index (χ0n) is 8.75. The highest BCUT2D eigenvalue weighted by Crippen LogP contribution is 2.08. The predicted molar refractivity (Wildman–Crippen MR) is 51.3 cm³/mol. The van der Waals surface area contributed by atoms with Crippen molar-refractivity contribution in [1.29, 1.82) is 0 Å². The summed E-state index contributed by atoms with van der Waals surface area (Å²) < 4.78 is 15.1. The highest BCUT2D eigenvalue weighted by atomic mass is 28.4. The monoisotopic (exact) mass is 206 g/mol. The fourth-order valence-corrected chi connectivity index (χ4v) is 1.59. The van der Waals surface area contributed by atoms with E-state index >= 15 is 0 Å². The fraction of sp³-hybridized carbons (Fsp3) is 0.875. The third-order valence-electron chi connectivity index (χ3n) is 1.78. The molecule has 0 fully saturated rings. The van der Waals surface area contributed by atoms with Gasteiger partial charge in [-0.1, -0.05) is 13.3 Å². The van der Waals surface area contributed by atoms with E-state index in [0.29, 0.717) is 6.42 Å². The molecule has 0 radical (unpaired) electrons. The van der Waals surface area contributed by atoms with Gasteiger partial charge in [-0.05, 0) is 6.42 Å². The van der Waals surface area contributed by atoms with E-state index in [9.17, 15) is 4.79 Å². The highest BCUT2D eigenvalue weighted by molar-refractivity contribution is 6.60. The predicted octanol–water partition coefficient (Wildman–Crippen LogP) is 1.58. The van der Waals surface area contributed by atoms with E-state index in [0.717, 1.165) is 12.8 Å². The Hall–Kier alpha value is -0.393. The van der Waals surface area contributed by atoms with Gasteiger partial charge in [0.2, 0.25) is 0 Å². The SMILES string of the molecule is CCCCC(=O)O[Si](C)(OC)OC. The van der Waals surface area contributed by atoms with Crippen molar-refractivity contribution >= 4 is 14.8 Å².